The standard InChI is InChI=1S/C19H23N3O2/c1-4-20-18(23)15-8-5-7-14(11-15)13-21-19(24)16-9-6-10-17(12-16)22(2)3/h5-12H,4,13H2,1-3H3,(H,20,23)(H,21,24). The minimum Gasteiger partial charge on any atom is -0.378 e. The highest BCUT2D eigenvalue weighted by Gasteiger charge is 2.08. The average Bonchev–Trinajstić information content (AvgIpc) is 2.60. The molecule has 0 aromatic heterocycles. The molecule has 0 aliphatic rings. The van der Waals surface area contributed by atoms with Gasteiger partial charge >= 0.3 is 0 Å². The summed E-state index contributed by atoms with van der Waals surface area (Å²) in [6.07, 6.45) is 0. The van der Waals surface area contributed by atoms with Crippen LogP contribution in [0.2, 0.25) is 0 Å². The number of benzene rings is 2. The lowest BCUT2D eigenvalue weighted by Crippen LogP contribution is -2.24. The summed E-state index contributed by atoms with van der Waals surface area (Å²) in [5.41, 5.74) is 3.07. The van der Waals surface area contributed by atoms with Crippen molar-refractivity contribution in [2.75, 3.05) is 25.5 Å². The molecule has 5 heteroatoms. The zero-order chi connectivity index (χ0) is 17.5. The Bertz CT molecular complexity index is 726. The molecule has 0 saturated carbocycles. The lowest BCUT2D eigenvalue weighted by Gasteiger charge is -2.13. The lowest BCUT2D eigenvalue weighted by molar-refractivity contribution is 0.0947. The summed E-state index contributed by atoms with van der Waals surface area (Å²) in [5.74, 6) is -0.244. The van der Waals surface area contributed by atoms with Gasteiger partial charge in [-0.1, -0.05) is 18.2 Å². The van der Waals surface area contributed by atoms with Crippen LogP contribution in [-0.2, 0) is 6.54 Å². The first kappa shape index (κ1) is 17.5. The zero-order valence-corrected chi connectivity index (χ0v) is 14.3. The summed E-state index contributed by atoms with van der Waals surface area (Å²) < 4.78 is 0. The fourth-order valence-corrected chi connectivity index (χ4v) is 2.29. The zero-order valence-electron chi connectivity index (χ0n) is 14.3. The van der Waals surface area contributed by atoms with Gasteiger partial charge in [-0.3, -0.25) is 9.59 Å². The number of carbonyl (C=O) groups excluding carboxylic acids is 2. The Morgan fingerprint density at radius 1 is 0.917 bits per heavy atom. The average molecular weight is 325 g/mol. The maximum atomic E-state index is 12.3. The van der Waals surface area contributed by atoms with Crippen molar-refractivity contribution in [1.82, 2.24) is 10.6 Å². The molecule has 0 bridgehead atoms. The summed E-state index contributed by atoms with van der Waals surface area (Å²) in [6.45, 7) is 2.84. The molecule has 0 atom stereocenters. The van der Waals surface area contributed by atoms with E-state index < -0.39 is 0 Å². The van der Waals surface area contributed by atoms with Gasteiger partial charge in [-0.05, 0) is 42.8 Å². The maximum absolute atomic E-state index is 12.3. The van der Waals surface area contributed by atoms with Gasteiger partial charge in [-0.15, -0.1) is 0 Å². The highest BCUT2D eigenvalue weighted by Crippen LogP contribution is 2.13. The predicted molar refractivity (Wildman–Crippen MR) is 96.4 cm³/mol. The van der Waals surface area contributed by atoms with Gasteiger partial charge in [0.1, 0.15) is 0 Å². The Morgan fingerprint density at radius 2 is 1.54 bits per heavy atom. The molecule has 24 heavy (non-hydrogen) atoms. The highest BCUT2D eigenvalue weighted by molar-refractivity contribution is 5.95. The largest absolute Gasteiger partial charge is 0.378 e. The Kier molecular flexibility index (Phi) is 5.95. The summed E-state index contributed by atoms with van der Waals surface area (Å²) in [5, 5.41) is 5.66. The molecule has 0 aliphatic heterocycles. The summed E-state index contributed by atoms with van der Waals surface area (Å²) >= 11 is 0. The van der Waals surface area contributed by atoms with Crippen molar-refractivity contribution < 1.29 is 9.59 Å². The van der Waals surface area contributed by atoms with E-state index in [2.05, 4.69) is 10.6 Å². The van der Waals surface area contributed by atoms with E-state index in [-0.39, 0.29) is 11.8 Å². The highest BCUT2D eigenvalue weighted by atomic mass is 16.2. The van der Waals surface area contributed by atoms with Gasteiger partial charge in [0.2, 0.25) is 0 Å². The third-order valence-corrected chi connectivity index (χ3v) is 3.60. The van der Waals surface area contributed by atoms with Crippen molar-refractivity contribution in [2.45, 2.75) is 13.5 Å². The second kappa shape index (κ2) is 8.15. The van der Waals surface area contributed by atoms with E-state index in [0.717, 1.165) is 11.3 Å². The van der Waals surface area contributed by atoms with Gasteiger partial charge in [0.15, 0.2) is 0 Å². The summed E-state index contributed by atoms with van der Waals surface area (Å²) in [4.78, 5) is 26.1. The van der Waals surface area contributed by atoms with E-state index in [4.69, 9.17) is 0 Å². The number of nitrogens with zero attached hydrogens (tertiary/aromatic N) is 1. The monoisotopic (exact) mass is 325 g/mol. The molecule has 5 nitrogen and oxygen atoms in total. The van der Waals surface area contributed by atoms with E-state index in [1.807, 2.05) is 56.3 Å². The molecule has 126 valence electrons. The van der Waals surface area contributed by atoms with Crippen LogP contribution in [-0.4, -0.2) is 32.5 Å². The topological polar surface area (TPSA) is 61.4 Å². The molecule has 2 amide bonds. The van der Waals surface area contributed by atoms with Crippen LogP contribution in [0.4, 0.5) is 5.69 Å². The van der Waals surface area contributed by atoms with Crippen LogP contribution in [0.25, 0.3) is 0 Å². The summed E-state index contributed by atoms with van der Waals surface area (Å²) in [6, 6.07) is 14.7. The van der Waals surface area contributed by atoms with Crippen LogP contribution < -0.4 is 15.5 Å². The van der Waals surface area contributed by atoms with Crippen LogP contribution >= 0.6 is 0 Å². The fraction of sp³-hybridized carbons (Fsp3) is 0.263. The van der Waals surface area contributed by atoms with E-state index in [1.54, 1.807) is 18.2 Å². The Morgan fingerprint density at radius 3 is 2.21 bits per heavy atom. The maximum Gasteiger partial charge on any atom is 0.251 e. The molecule has 2 aromatic rings. The molecule has 0 fully saturated rings. The minimum absolute atomic E-state index is 0.107. The van der Waals surface area contributed by atoms with Crippen LogP contribution in [0.15, 0.2) is 48.5 Å². The lowest BCUT2D eigenvalue weighted by atomic mass is 10.1. The third-order valence-electron chi connectivity index (χ3n) is 3.60. The Labute approximate surface area is 142 Å². The molecule has 0 radical (unpaired) electrons. The van der Waals surface area contributed by atoms with Crippen LogP contribution in [0.5, 0.6) is 0 Å². The number of rotatable bonds is 6. The van der Waals surface area contributed by atoms with Gasteiger partial charge in [0.25, 0.3) is 11.8 Å². The van der Waals surface area contributed by atoms with Gasteiger partial charge in [-0.2, -0.15) is 0 Å². The molecule has 0 spiro atoms. The first-order chi connectivity index (χ1) is 11.5. The molecular weight excluding hydrogens is 302 g/mol. The SMILES string of the molecule is CCNC(=O)c1cccc(CNC(=O)c2cccc(N(C)C)c2)c1. The first-order valence-corrected chi connectivity index (χ1v) is 7.94. The van der Waals surface area contributed by atoms with Gasteiger partial charge < -0.3 is 15.5 Å². The van der Waals surface area contributed by atoms with Crippen LogP contribution in [0, 0.1) is 0 Å². The number of anilines is 1. The Balaban J connectivity index is 2.03. The van der Waals surface area contributed by atoms with Crippen molar-refractivity contribution in [2.24, 2.45) is 0 Å². The smallest absolute Gasteiger partial charge is 0.251 e. The molecular formula is C19H23N3O2. The normalized spacial score (nSPS) is 10.1. The molecule has 0 saturated heterocycles. The minimum atomic E-state index is -0.137. The second-order valence-electron chi connectivity index (χ2n) is 5.69. The van der Waals surface area contributed by atoms with E-state index in [0.29, 0.717) is 24.2 Å². The molecule has 0 unspecified atom stereocenters. The molecule has 0 heterocycles. The first-order valence-electron chi connectivity index (χ1n) is 7.94. The number of nitrogens with one attached hydrogen (secondary N) is 2. The molecule has 2 N–H and O–H groups in total. The summed E-state index contributed by atoms with van der Waals surface area (Å²) in [7, 11) is 3.87. The predicted octanol–water partition coefficient (Wildman–Crippen LogP) is 2.43. The van der Waals surface area contributed by atoms with Crippen molar-refractivity contribution >= 4 is 17.5 Å². The molecule has 2 rings (SSSR count). The fourth-order valence-electron chi connectivity index (χ4n) is 2.29. The number of hydrogen-bond donors (Lipinski definition) is 2. The van der Waals surface area contributed by atoms with Gasteiger partial charge in [0, 0.05) is 44.0 Å². The Hall–Kier alpha value is -2.82. The second-order valence-corrected chi connectivity index (χ2v) is 5.69. The number of carbonyl (C=O) groups is 2. The quantitative estimate of drug-likeness (QED) is 0.857. The third kappa shape index (κ3) is 4.59. The number of amides is 2. The van der Waals surface area contributed by atoms with E-state index >= 15 is 0 Å². The van der Waals surface area contributed by atoms with E-state index in [1.165, 1.54) is 0 Å². The van der Waals surface area contributed by atoms with Crippen LogP contribution in [0.1, 0.15) is 33.2 Å². The van der Waals surface area contributed by atoms with Crippen molar-refractivity contribution in [3.05, 3.63) is 65.2 Å². The molecule has 0 aliphatic carbocycles. The molecule has 2 aromatic carbocycles. The van der Waals surface area contributed by atoms with Crippen molar-refractivity contribution in [3.63, 3.8) is 0 Å². The van der Waals surface area contributed by atoms with Gasteiger partial charge in [0.05, 0.1) is 0 Å². The van der Waals surface area contributed by atoms with Crippen molar-refractivity contribution in [1.29, 1.82) is 0 Å². The van der Waals surface area contributed by atoms with Crippen molar-refractivity contribution in [3.8, 4) is 0 Å². The van der Waals surface area contributed by atoms with Crippen LogP contribution in [0.3, 0.4) is 0 Å². The van der Waals surface area contributed by atoms with Gasteiger partial charge in [-0.25, -0.2) is 0 Å². The van der Waals surface area contributed by atoms with E-state index in [9.17, 15) is 9.59 Å². The number of hydrogen-bond acceptors (Lipinski definition) is 3.